The highest BCUT2D eigenvalue weighted by atomic mass is 32.2. The number of ketones is 1. The van der Waals surface area contributed by atoms with Gasteiger partial charge >= 0.3 is 0 Å². The molecule has 0 bridgehead atoms. The molecule has 4 rings (SSSR count). The molecule has 0 saturated carbocycles. The van der Waals surface area contributed by atoms with Crippen LogP contribution in [0.2, 0.25) is 0 Å². The summed E-state index contributed by atoms with van der Waals surface area (Å²) >= 11 is 1.41. The number of aryl methyl sites for hydroxylation is 2. The van der Waals surface area contributed by atoms with Crippen molar-refractivity contribution in [2.45, 2.75) is 38.4 Å². The molecule has 0 N–H and O–H groups in total. The van der Waals surface area contributed by atoms with Crippen LogP contribution in [0.5, 0.6) is 0 Å². The summed E-state index contributed by atoms with van der Waals surface area (Å²) in [5.41, 5.74) is 4.63. The molecule has 1 aliphatic rings. The zero-order valence-corrected chi connectivity index (χ0v) is 19.0. The van der Waals surface area contributed by atoms with Crippen molar-refractivity contribution >= 4 is 27.4 Å². The molecule has 0 aliphatic carbocycles. The van der Waals surface area contributed by atoms with Gasteiger partial charge in [-0.15, -0.1) is 0 Å². The SMILES string of the molecule is Cc1cccc(-n2ccnc2SCC(=O)c2cc(C)n(C3CCS(=O)(=O)C3)c2C)c1. The molecule has 6 nitrogen and oxygen atoms in total. The van der Waals surface area contributed by atoms with Crippen LogP contribution in [-0.2, 0) is 9.84 Å². The third kappa shape index (κ3) is 4.11. The quantitative estimate of drug-likeness (QED) is 0.426. The summed E-state index contributed by atoms with van der Waals surface area (Å²) in [5.74, 6) is 0.671. The Bertz CT molecular complexity index is 1210. The van der Waals surface area contributed by atoms with Crippen LogP contribution < -0.4 is 0 Å². The highest BCUT2D eigenvalue weighted by Gasteiger charge is 2.31. The van der Waals surface area contributed by atoms with E-state index in [-0.39, 0.29) is 29.1 Å². The fourth-order valence-electron chi connectivity index (χ4n) is 4.18. The van der Waals surface area contributed by atoms with Gasteiger partial charge in [0.05, 0.1) is 17.3 Å². The largest absolute Gasteiger partial charge is 0.344 e. The van der Waals surface area contributed by atoms with Gasteiger partial charge in [0.25, 0.3) is 0 Å². The van der Waals surface area contributed by atoms with E-state index in [1.54, 1.807) is 6.20 Å². The summed E-state index contributed by atoms with van der Waals surface area (Å²) in [6.45, 7) is 5.89. The van der Waals surface area contributed by atoms with E-state index >= 15 is 0 Å². The van der Waals surface area contributed by atoms with Crippen LogP contribution >= 0.6 is 11.8 Å². The Hall–Kier alpha value is -2.32. The normalized spacial score (nSPS) is 18.0. The van der Waals surface area contributed by atoms with E-state index in [0.717, 1.165) is 27.8 Å². The Morgan fingerprint density at radius 3 is 2.73 bits per heavy atom. The van der Waals surface area contributed by atoms with Crippen LogP contribution in [0.4, 0.5) is 0 Å². The van der Waals surface area contributed by atoms with Gasteiger partial charge in [-0.3, -0.25) is 9.36 Å². The van der Waals surface area contributed by atoms with Crippen molar-refractivity contribution < 1.29 is 13.2 Å². The first-order valence-corrected chi connectivity index (χ1v) is 12.7. The number of hydrogen-bond acceptors (Lipinski definition) is 5. The molecule has 1 unspecified atom stereocenters. The number of nitrogens with zero attached hydrogens (tertiary/aromatic N) is 3. The summed E-state index contributed by atoms with van der Waals surface area (Å²) in [5, 5.41) is 0.768. The van der Waals surface area contributed by atoms with E-state index in [2.05, 4.69) is 11.1 Å². The van der Waals surface area contributed by atoms with Crippen molar-refractivity contribution in [1.29, 1.82) is 0 Å². The molecule has 1 fully saturated rings. The molecule has 1 aromatic carbocycles. The minimum absolute atomic E-state index is 0.0268. The molecule has 2 aromatic heterocycles. The van der Waals surface area contributed by atoms with Crippen molar-refractivity contribution in [3.05, 3.63) is 65.2 Å². The zero-order chi connectivity index (χ0) is 21.5. The van der Waals surface area contributed by atoms with E-state index in [1.165, 1.54) is 11.8 Å². The van der Waals surface area contributed by atoms with E-state index < -0.39 is 9.84 Å². The van der Waals surface area contributed by atoms with Gasteiger partial charge in [-0.2, -0.15) is 0 Å². The number of thioether (sulfide) groups is 1. The van der Waals surface area contributed by atoms with Gasteiger partial charge in [0.2, 0.25) is 0 Å². The lowest BCUT2D eigenvalue weighted by molar-refractivity contribution is 0.102. The highest BCUT2D eigenvalue weighted by Crippen LogP contribution is 2.30. The summed E-state index contributed by atoms with van der Waals surface area (Å²) in [6.07, 6.45) is 4.24. The summed E-state index contributed by atoms with van der Waals surface area (Å²) in [7, 11) is -2.98. The second kappa shape index (κ2) is 8.07. The van der Waals surface area contributed by atoms with Crippen molar-refractivity contribution in [3.8, 4) is 5.69 Å². The minimum atomic E-state index is -2.98. The first kappa shape index (κ1) is 20.9. The molecule has 30 heavy (non-hydrogen) atoms. The molecule has 0 radical (unpaired) electrons. The monoisotopic (exact) mass is 443 g/mol. The van der Waals surface area contributed by atoms with Crippen molar-refractivity contribution in [3.63, 3.8) is 0 Å². The maximum Gasteiger partial charge on any atom is 0.175 e. The zero-order valence-electron chi connectivity index (χ0n) is 17.3. The molecule has 0 spiro atoms. The fraction of sp³-hybridized carbons (Fsp3) is 0.364. The maximum absolute atomic E-state index is 13.0. The lowest BCUT2D eigenvalue weighted by Crippen LogP contribution is -2.14. The molecule has 1 atom stereocenters. The van der Waals surface area contributed by atoms with Gasteiger partial charge in [0.15, 0.2) is 20.8 Å². The lowest BCUT2D eigenvalue weighted by atomic mass is 10.2. The number of sulfone groups is 1. The molecule has 158 valence electrons. The predicted octanol–water partition coefficient (Wildman–Crippen LogP) is 3.93. The predicted molar refractivity (Wildman–Crippen MR) is 120 cm³/mol. The van der Waals surface area contributed by atoms with Gasteiger partial charge in [0.1, 0.15) is 0 Å². The first-order chi connectivity index (χ1) is 14.2. The Kier molecular flexibility index (Phi) is 5.63. The molecular formula is C22H25N3O3S2. The van der Waals surface area contributed by atoms with Gasteiger partial charge in [-0.25, -0.2) is 13.4 Å². The number of hydrogen-bond donors (Lipinski definition) is 0. The molecule has 3 heterocycles. The lowest BCUT2D eigenvalue weighted by Gasteiger charge is -2.16. The van der Waals surface area contributed by atoms with Crippen molar-refractivity contribution in [1.82, 2.24) is 14.1 Å². The number of carbonyl (C=O) groups is 1. The standard InChI is InChI=1S/C22H25N3O3S2/c1-15-5-4-6-18(11-15)24-9-8-23-22(24)29-13-21(26)20-12-16(2)25(17(20)3)19-7-10-30(27,28)14-19/h4-6,8-9,11-12,19H,7,10,13-14H2,1-3H3. The van der Waals surface area contributed by atoms with Crippen LogP contribution in [-0.4, -0.2) is 45.6 Å². The third-order valence-corrected chi connectivity index (χ3v) is 8.29. The van der Waals surface area contributed by atoms with E-state index in [0.29, 0.717) is 12.0 Å². The fourth-order valence-corrected chi connectivity index (χ4v) is 6.74. The van der Waals surface area contributed by atoms with Crippen LogP contribution in [0.25, 0.3) is 5.69 Å². The Morgan fingerprint density at radius 1 is 1.23 bits per heavy atom. The molecule has 1 saturated heterocycles. The van der Waals surface area contributed by atoms with Crippen LogP contribution in [0, 0.1) is 20.8 Å². The molecular weight excluding hydrogens is 418 g/mol. The summed E-state index contributed by atoms with van der Waals surface area (Å²) in [6, 6.07) is 9.95. The summed E-state index contributed by atoms with van der Waals surface area (Å²) < 4.78 is 27.8. The Balaban J connectivity index is 1.51. The Morgan fingerprint density at radius 2 is 2.03 bits per heavy atom. The number of imidazole rings is 1. The topological polar surface area (TPSA) is 74.0 Å². The maximum atomic E-state index is 13.0. The molecule has 1 aliphatic heterocycles. The number of carbonyl (C=O) groups excluding carboxylic acids is 1. The Labute approximate surface area is 181 Å². The molecule has 3 aromatic rings. The van der Waals surface area contributed by atoms with Crippen LogP contribution in [0.3, 0.4) is 0 Å². The second-order valence-corrected chi connectivity index (χ2v) is 11.0. The number of benzene rings is 1. The van der Waals surface area contributed by atoms with Crippen molar-refractivity contribution in [2.75, 3.05) is 17.3 Å². The smallest absolute Gasteiger partial charge is 0.175 e. The van der Waals surface area contributed by atoms with Crippen molar-refractivity contribution in [2.24, 2.45) is 0 Å². The number of rotatable bonds is 6. The average Bonchev–Trinajstić information content (AvgIpc) is 3.37. The van der Waals surface area contributed by atoms with E-state index in [4.69, 9.17) is 0 Å². The van der Waals surface area contributed by atoms with Gasteiger partial charge in [-0.1, -0.05) is 23.9 Å². The minimum Gasteiger partial charge on any atom is -0.344 e. The molecule has 0 amide bonds. The van der Waals surface area contributed by atoms with Gasteiger partial charge < -0.3 is 4.57 Å². The first-order valence-electron chi connectivity index (χ1n) is 9.90. The number of aromatic nitrogens is 3. The van der Waals surface area contributed by atoms with Crippen LogP contribution in [0.1, 0.15) is 39.8 Å². The molecule has 8 heteroatoms. The second-order valence-electron chi connectivity index (χ2n) is 7.84. The average molecular weight is 444 g/mol. The van der Waals surface area contributed by atoms with E-state index in [1.807, 2.05) is 60.4 Å². The third-order valence-electron chi connectivity index (χ3n) is 5.58. The number of Topliss-reactive ketones (excluding diaryl/α,β-unsaturated/α-hetero) is 1. The van der Waals surface area contributed by atoms with Crippen LogP contribution in [0.15, 0.2) is 47.9 Å². The van der Waals surface area contributed by atoms with Gasteiger partial charge in [-0.05, 0) is 51.0 Å². The summed E-state index contributed by atoms with van der Waals surface area (Å²) in [4.78, 5) is 17.4. The highest BCUT2D eigenvalue weighted by molar-refractivity contribution is 7.99. The van der Waals surface area contributed by atoms with Gasteiger partial charge in [0, 0.05) is 41.1 Å². The van der Waals surface area contributed by atoms with E-state index in [9.17, 15) is 13.2 Å².